The maximum absolute atomic E-state index is 12.3. The normalized spacial score (nSPS) is 33.1. The van der Waals surface area contributed by atoms with Crippen LogP contribution in [-0.2, 0) is 14.6 Å². The van der Waals surface area contributed by atoms with Crippen LogP contribution in [0.5, 0.6) is 0 Å². The highest BCUT2D eigenvalue weighted by Gasteiger charge is 2.28. The maximum Gasteiger partial charge on any atom is 0.317 e. The molecule has 2 aliphatic heterocycles. The van der Waals surface area contributed by atoms with Gasteiger partial charge in [-0.15, -0.1) is 0 Å². The van der Waals surface area contributed by atoms with Gasteiger partial charge in [0.2, 0.25) is 0 Å². The second kappa shape index (κ2) is 7.83. The molecular weight excluding hydrogens is 316 g/mol. The fourth-order valence-electron chi connectivity index (χ4n) is 3.75. The fourth-order valence-corrected chi connectivity index (χ4v) is 4.88. The molecule has 0 aromatic carbocycles. The molecule has 6 nitrogen and oxygen atoms in total. The first kappa shape index (κ1) is 18.5. The first-order valence-corrected chi connectivity index (χ1v) is 10.6. The van der Waals surface area contributed by atoms with Crippen molar-refractivity contribution in [1.82, 2.24) is 10.2 Å². The summed E-state index contributed by atoms with van der Waals surface area (Å²) >= 11 is 0. The van der Waals surface area contributed by atoms with E-state index in [1.165, 1.54) is 6.26 Å². The van der Waals surface area contributed by atoms with Crippen LogP contribution in [0, 0.1) is 5.92 Å². The van der Waals surface area contributed by atoms with Crippen LogP contribution in [-0.4, -0.2) is 62.7 Å². The lowest BCUT2D eigenvalue weighted by Gasteiger charge is -2.32. The summed E-state index contributed by atoms with van der Waals surface area (Å²) in [5.74, 6) is 0.452. The molecule has 2 amide bonds. The van der Waals surface area contributed by atoms with E-state index in [0.29, 0.717) is 38.4 Å². The van der Waals surface area contributed by atoms with Crippen molar-refractivity contribution in [2.45, 2.75) is 63.4 Å². The summed E-state index contributed by atoms with van der Waals surface area (Å²) in [5.41, 5.74) is 0. The Balaban J connectivity index is 1.79. The van der Waals surface area contributed by atoms with Gasteiger partial charge in [-0.3, -0.25) is 0 Å². The number of rotatable bonds is 3. The molecule has 0 spiro atoms. The van der Waals surface area contributed by atoms with Gasteiger partial charge in [0.15, 0.2) is 0 Å². The molecule has 2 rings (SSSR count). The summed E-state index contributed by atoms with van der Waals surface area (Å²) in [7, 11) is -3.01. The smallest absolute Gasteiger partial charge is 0.317 e. The van der Waals surface area contributed by atoms with Crippen molar-refractivity contribution in [2.24, 2.45) is 5.92 Å². The van der Waals surface area contributed by atoms with E-state index < -0.39 is 9.84 Å². The van der Waals surface area contributed by atoms with Crippen LogP contribution in [0.25, 0.3) is 0 Å². The molecule has 0 aromatic heterocycles. The molecule has 2 aliphatic rings. The van der Waals surface area contributed by atoms with Crippen LogP contribution < -0.4 is 5.32 Å². The first-order chi connectivity index (χ1) is 10.8. The first-order valence-electron chi connectivity index (χ1n) is 8.62. The van der Waals surface area contributed by atoms with Gasteiger partial charge in [-0.1, -0.05) is 0 Å². The number of sulfone groups is 1. The van der Waals surface area contributed by atoms with Crippen LogP contribution in [0.1, 0.15) is 46.0 Å². The zero-order valence-corrected chi connectivity index (χ0v) is 15.3. The Morgan fingerprint density at radius 3 is 2.43 bits per heavy atom. The summed E-state index contributed by atoms with van der Waals surface area (Å²) in [6, 6.07) is -0.0639. The third-order valence-electron chi connectivity index (χ3n) is 4.90. The second-order valence-corrected chi connectivity index (χ2v) is 9.48. The minimum absolute atomic E-state index is 0.0639. The summed E-state index contributed by atoms with van der Waals surface area (Å²) in [4.78, 5) is 14.1. The Hall–Kier alpha value is -0.820. The highest BCUT2D eigenvalue weighted by molar-refractivity contribution is 7.91. The molecule has 7 heteroatoms. The molecule has 3 atom stereocenters. The van der Waals surface area contributed by atoms with E-state index in [1.807, 2.05) is 0 Å². The Bertz CT molecular complexity index is 498. The molecular formula is C16H30N2O4S. The molecule has 0 aliphatic carbocycles. The van der Waals surface area contributed by atoms with E-state index in [1.54, 1.807) is 4.90 Å². The SMILES string of the molecule is CC1CC(CNC(=O)N2CCCC(S(C)(=O)=O)CC2)CC(C)O1. The van der Waals surface area contributed by atoms with Gasteiger partial charge in [-0.25, -0.2) is 13.2 Å². The van der Waals surface area contributed by atoms with Crippen LogP contribution in [0.3, 0.4) is 0 Å². The number of nitrogens with zero attached hydrogens (tertiary/aromatic N) is 1. The van der Waals surface area contributed by atoms with Crippen molar-refractivity contribution in [3.63, 3.8) is 0 Å². The van der Waals surface area contributed by atoms with E-state index in [0.717, 1.165) is 19.3 Å². The number of urea groups is 1. The third kappa shape index (κ3) is 5.64. The zero-order valence-electron chi connectivity index (χ0n) is 14.5. The molecule has 23 heavy (non-hydrogen) atoms. The highest BCUT2D eigenvalue weighted by Crippen LogP contribution is 2.24. The van der Waals surface area contributed by atoms with Crippen molar-refractivity contribution < 1.29 is 17.9 Å². The predicted octanol–water partition coefficient (Wildman–Crippen LogP) is 1.80. The van der Waals surface area contributed by atoms with Crippen molar-refractivity contribution in [3.8, 4) is 0 Å². The molecule has 0 saturated carbocycles. The van der Waals surface area contributed by atoms with Gasteiger partial charge in [0, 0.05) is 25.9 Å². The number of carbonyl (C=O) groups is 1. The van der Waals surface area contributed by atoms with E-state index in [2.05, 4.69) is 19.2 Å². The Morgan fingerprint density at radius 2 is 1.83 bits per heavy atom. The fraction of sp³-hybridized carbons (Fsp3) is 0.938. The van der Waals surface area contributed by atoms with Crippen molar-refractivity contribution in [2.75, 3.05) is 25.9 Å². The van der Waals surface area contributed by atoms with Gasteiger partial charge in [0.05, 0.1) is 17.5 Å². The lowest BCUT2D eigenvalue weighted by atomic mass is 9.92. The lowest BCUT2D eigenvalue weighted by molar-refractivity contribution is -0.0512. The highest BCUT2D eigenvalue weighted by atomic mass is 32.2. The molecule has 2 saturated heterocycles. The van der Waals surface area contributed by atoms with Crippen molar-refractivity contribution in [3.05, 3.63) is 0 Å². The standard InChI is InChI=1S/C16H30N2O4S/c1-12-9-14(10-13(2)22-12)11-17-16(19)18-7-4-5-15(6-8-18)23(3,20)21/h12-15H,4-11H2,1-3H3,(H,17,19). The van der Waals surface area contributed by atoms with Crippen LogP contribution >= 0.6 is 0 Å². The Labute approximate surface area is 139 Å². The minimum Gasteiger partial charge on any atom is -0.376 e. The monoisotopic (exact) mass is 346 g/mol. The number of amides is 2. The quantitative estimate of drug-likeness (QED) is 0.845. The van der Waals surface area contributed by atoms with E-state index in [9.17, 15) is 13.2 Å². The summed E-state index contributed by atoms with van der Waals surface area (Å²) < 4.78 is 29.1. The molecule has 0 radical (unpaired) electrons. The van der Waals surface area contributed by atoms with E-state index in [-0.39, 0.29) is 23.5 Å². The maximum atomic E-state index is 12.3. The van der Waals surface area contributed by atoms with Crippen LogP contribution in [0.4, 0.5) is 4.79 Å². The second-order valence-electron chi connectivity index (χ2n) is 7.15. The van der Waals surface area contributed by atoms with Gasteiger partial charge in [0.25, 0.3) is 0 Å². The average molecular weight is 346 g/mol. The number of hydrogen-bond acceptors (Lipinski definition) is 4. The number of nitrogens with one attached hydrogen (secondary N) is 1. The summed E-state index contributed by atoms with van der Waals surface area (Å²) in [5, 5.41) is 2.72. The van der Waals surface area contributed by atoms with Gasteiger partial charge in [0.1, 0.15) is 9.84 Å². The average Bonchev–Trinajstić information content (AvgIpc) is 2.69. The molecule has 3 unspecified atom stereocenters. The Morgan fingerprint density at radius 1 is 1.17 bits per heavy atom. The summed E-state index contributed by atoms with van der Waals surface area (Å²) in [6.45, 7) is 5.97. The minimum atomic E-state index is -3.01. The van der Waals surface area contributed by atoms with Crippen molar-refractivity contribution in [1.29, 1.82) is 0 Å². The van der Waals surface area contributed by atoms with Gasteiger partial charge in [-0.05, 0) is 51.9 Å². The van der Waals surface area contributed by atoms with E-state index >= 15 is 0 Å². The van der Waals surface area contributed by atoms with E-state index in [4.69, 9.17) is 4.74 Å². The molecule has 1 N–H and O–H groups in total. The van der Waals surface area contributed by atoms with Crippen molar-refractivity contribution >= 4 is 15.9 Å². The Kier molecular flexibility index (Phi) is 6.31. The molecule has 0 aromatic rings. The number of likely N-dealkylation sites (tertiary alicyclic amines) is 1. The molecule has 2 heterocycles. The predicted molar refractivity (Wildman–Crippen MR) is 90.2 cm³/mol. The molecule has 2 fully saturated rings. The number of ether oxygens (including phenoxy) is 1. The number of carbonyl (C=O) groups excluding carboxylic acids is 1. The van der Waals surface area contributed by atoms with Crippen LogP contribution in [0.2, 0.25) is 0 Å². The van der Waals surface area contributed by atoms with Gasteiger partial charge in [-0.2, -0.15) is 0 Å². The number of hydrogen-bond donors (Lipinski definition) is 1. The lowest BCUT2D eigenvalue weighted by Crippen LogP contribution is -2.44. The third-order valence-corrected chi connectivity index (χ3v) is 6.59. The largest absolute Gasteiger partial charge is 0.376 e. The zero-order chi connectivity index (χ0) is 17.0. The van der Waals surface area contributed by atoms with Gasteiger partial charge < -0.3 is 15.0 Å². The molecule has 134 valence electrons. The summed E-state index contributed by atoms with van der Waals surface area (Å²) in [6.07, 6.45) is 5.66. The van der Waals surface area contributed by atoms with Gasteiger partial charge >= 0.3 is 6.03 Å². The molecule has 0 bridgehead atoms. The topological polar surface area (TPSA) is 75.7 Å². The van der Waals surface area contributed by atoms with Crippen LogP contribution in [0.15, 0.2) is 0 Å².